The molecule has 166 valence electrons. The van der Waals surface area contributed by atoms with E-state index in [4.69, 9.17) is 4.74 Å². The van der Waals surface area contributed by atoms with Gasteiger partial charge in [-0.3, -0.25) is 9.59 Å². The molecule has 0 aliphatic carbocycles. The van der Waals surface area contributed by atoms with E-state index in [9.17, 15) is 14.9 Å². The first kappa shape index (κ1) is 21.8. The van der Waals surface area contributed by atoms with Crippen LogP contribution in [0.15, 0.2) is 42.5 Å². The Morgan fingerprint density at radius 1 is 1.28 bits per heavy atom. The minimum atomic E-state index is -0.630. The third-order valence-corrected chi connectivity index (χ3v) is 5.80. The van der Waals surface area contributed by atoms with Crippen molar-refractivity contribution in [3.8, 4) is 17.2 Å². The summed E-state index contributed by atoms with van der Waals surface area (Å²) in [4.78, 5) is 26.1. The molecular weight excluding hydrogens is 406 g/mol. The van der Waals surface area contributed by atoms with Crippen LogP contribution in [0, 0.1) is 11.3 Å². The molecule has 1 fully saturated rings. The Morgan fingerprint density at radius 3 is 2.84 bits per heavy atom. The number of nitriles is 1. The van der Waals surface area contributed by atoms with Crippen molar-refractivity contribution in [1.82, 2.24) is 10.6 Å². The van der Waals surface area contributed by atoms with Gasteiger partial charge in [-0.05, 0) is 41.8 Å². The van der Waals surface area contributed by atoms with Gasteiger partial charge in [0.25, 0.3) is 5.91 Å². The van der Waals surface area contributed by atoms with Crippen LogP contribution in [0.2, 0.25) is 0 Å². The van der Waals surface area contributed by atoms with Crippen LogP contribution in [0.3, 0.4) is 0 Å². The first-order valence-electron chi connectivity index (χ1n) is 10.8. The summed E-state index contributed by atoms with van der Waals surface area (Å²) in [6.07, 6.45) is 0.707. The quantitative estimate of drug-likeness (QED) is 0.662. The number of anilines is 2. The van der Waals surface area contributed by atoms with E-state index in [0.717, 1.165) is 41.0 Å². The van der Waals surface area contributed by atoms with E-state index < -0.39 is 12.1 Å². The number of amides is 2. The average Bonchev–Trinajstić information content (AvgIpc) is 3.11. The summed E-state index contributed by atoms with van der Waals surface area (Å²) in [5.74, 6) is -0.233. The molecule has 0 radical (unpaired) electrons. The van der Waals surface area contributed by atoms with Crippen LogP contribution in [-0.2, 0) is 20.7 Å². The maximum atomic E-state index is 12.5. The molecule has 8 nitrogen and oxygen atoms in total. The molecule has 3 N–H and O–H groups in total. The number of nitrogens with one attached hydrogen (secondary N) is 3. The molecule has 0 spiro atoms. The van der Waals surface area contributed by atoms with Gasteiger partial charge in [-0.1, -0.05) is 30.3 Å². The summed E-state index contributed by atoms with van der Waals surface area (Å²) in [5, 5.41) is 18.6. The fourth-order valence-electron chi connectivity index (χ4n) is 3.91. The number of likely N-dealkylation sites (N-methyl/N-ethyl adjacent to an activating group) is 1. The van der Waals surface area contributed by atoms with Crippen LogP contribution in [-0.4, -0.2) is 57.2 Å². The van der Waals surface area contributed by atoms with Crippen molar-refractivity contribution in [2.45, 2.75) is 25.0 Å². The molecule has 2 aromatic rings. The van der Waals surface area contributed by atoms with E-state index in [2.05, 4.69) is 22.0 Å². The number of fused-ring (bicyclic) bond motifs is 1. The fraction of sp³-hybridized carbons (Fsp3) is 0.375. The average molecular weight is 434 g/mol. The van der Waals surface area contributed by atoms with Gasteiger partial charge >= 0.3 is 0 Å². The predicted molar refractivity (Wildman–Crippen MR) is 122 cm³/mol. The summed E-state index contributed by atoms with van der Waals surface area (Å²) in [7, 11) is 1.78. The van der Waals surface area contributed by atoms with Crippen molar-refractivity contribution in [3.05, 3.63) is 48.0 Å². The first-order chi connectivity index (χ1) is 15.5. The SMILES string of the molecule is CN1C(=O)CNc2ccc(-c3ccc(C[C@@H](C#N)NC(=O)[C@@H]4CNCCCO4)cc3)cc21. The highest BCUT2D eigenvalue weighted by molar-refractivity contribution is 6.03. The molecule has 1 saturated heterocycles. The molecule has 2 amide bonds. The molecule has 0 saturated carbocycles. The van der Waals surface area contributed by atoms with Crippen LogP contribution >= 0.6 is 0 Å². The third-order valence-electron chi connectivity index (χ3n) is 5.80. The Kier molecular flexibility index (Phi) is 6.69. The van der Waals surface area contributed by atoms with Crippen LogP contribution in [0.25, 0.3) is 11.1 Å². The fourth-order valence-corrected chi connectivity index (χ4v) is 3.91. The lowest BCUT2D eigenvalue weighted by atomic mass is 9.99. The molecule has 2 aliphatic heterocycles. The van der Waals surface area contributed by atoms with Crippen molar-refractivity contribution in [1.29, 1.82) is 5.26 Å². The number of carbonyl (C=O) groups is 2. The van der Waals surface area contributed by atoms with Gasteiger partial charge in [0.15, 0.2) is 0 Å². The highest BCUT2D eigenvalue weighted by Crippen LogP contribution is 2.33. The number of benzene rings is 2. The van der Waals surface area contributed by atoms with Gasteiger partial charge in [0.2, 0.25) is 5.91 Å². The van der Waals surface area contributed by atoms with Gasteiger partial charge in [-0.25, -0.2) is 0 Å². The highest BCUT2D eigenvalue weighted by Gasteiger charge is 2.24. The molecule has 0 unspecified atom stereocenters. The van der Waals surface area contributed by atoms with Crippen molar-refractivity contribution < 1.29 is 14.3 Å². The zero-order valence-electron chi connectivity index (χ0n) is 18.1. The summed E-state index contributed by atoms with van der Waals surface area (Å²) in [6.45, 7) is 2.12. The van der Waals surface area contributed by atoms with Crippen molar-refractivity contribution in [2.75, 3.05) is 43.5 Å². The Bertz CT molecular complexity index is 1020. The molecule has 4 rings (SSSR count). The Balaban J connectivity index is 1.41. The predicted octanol–water partition coefficient (Wildman–Crippen LogP) is 1.67. The van der Waals surface area contributed by atoms with Gasteiger partial charge in [0.1, 0.15) is 12.1 Å². The molecule has 8 heteroatoms. The van der Waals surface area contributed by atoms with Gasteiger partial charge in [-0.2, -0.15) is 5.26 Å². The van der Waals surface area contributed by atoms with Gasteiger partial charge in [0, 0.05) is 26.6 Å². The number of hydrogen-bond acceptors (Lipinski definition) is 6. The van der Waals surface area contributed by atoms with Crippen LogP contribution in [0.1, 0.15) is 12.0 Å². The third kappa shape index (κ3) is 4.90. The lowest BCUT2D eigenvalue weighted by Gasteiger charge is -2.27. The number of carbonyl (C=O) groups excluding carboxylic acids is 2. The minimum Gasteiger partial charge on any atom is -0.374 e. The molecule has 2 atom stereocenters. The highest BCUT2D eigenvalue weighted by atomic mass is 16.5. The molecular formula is C24H27N5O3. The van der Waals surface area contributed by atoms with Crippen molar-refractivity contribution in [2.24, 2.45) is 0 Å². The first-order valence-corrected chi connectivity index (χ1v) is 10.8. The van der Waals surface area contributed by atoms with E-state index in [0.29, 0.717) is 26.1 Å². The van der Waals surface area contributed by atoms with E-state index >= 15 is 0 Å². The number of ether oxygens (including phenoxy) is 1. The number of nitrogens with zero attached hydrogens (tertiary/aromatic N) is 2. The van der Waals surface area contributed by atoms with Crippen LogP contribution in [0.5, 0.6) is 0 Å². The summed E-state index contributed by atoms with van der Waals surface area (Å²) < 4.78 is 5.57. The van der Waals surface area contributed by atoms with E-state index in [-0.39, 0.29) is 11.8 Å². The zero-order valence-corrected chi connectivity index (χ0v) is 18.1. The van der Waals surface area contributed by atoms with Crippen molar-refractivity contribution in [3.63, 3.8) is 0 Å². The normalized spacial score (nSPS) is 19.2. The van der Waals surface area contributed by atoms with E-state index in [1.54, 1.807) is 11.9 Å². The Morgan fingerprint density at radius 2 is 2.06 bits per heavy atom. The lowest BCUT2D eigenvalue weighted by molar-refractivity contribution is -0.132. The van der Waals surface area contributed by atoms with Gasteiger partial charge in [-0.15, -0.1) is 0 Å². The van der Waals surface area contributed by atoms with E-state index in [1.165, 1.54) is 0 Å². The molecule has 2 aliphatic rings. The maximum absolute atomic E-state index is 12.5. The smallest absolute Gasteiger partial charge is 0.251 e. The molecule has 2 heterocycles. The largest absolute Gasteiger partial charge is 0.374 e. The summed E-state index contributed by atoms with van der Waals surface area (Å²) >= 11 is 0. The summed E-state index contributed by atoms with van der Waals surface area (Å²) in [6, 6.07) is 15.4. The molecule has 32 heavy (non-hydrogen) atoms. The summed E-state index contributed by atoms with van der Waals surface area (Å²) in [5.41, 5.74) is 4.76. The van der Waals surface area contributed by atoms with Crippen molar-refractivity contribution >= 4 is 23.2 Å². The topological polar surface area (TPSA) is 106 Å². The van der Waals surface area contributed by atoms with Crippen LogP contribution in [0.4, 0.5) is 11.4 Å². The minimum absolute atomic E-state index is 0.0274. The molecule has 0 aromatic heterocycles. The maximum Gasteiger partial charge on any atom is 0.251 e. The molecule has 2 aromatic carbocycles. The molecule has 0 bridgehead atoms. The second kappa shape index (κ2) is 9.81. The van der Waals surface area contributed by atoms with Gasteiger partial charge < -0.3 is 25.6 Å². The van der Waals surface area contributed by atoms with E-state index in [1.807, 2.05) is 42.5 Å². The Hall–Kier alpha value is -3.41. The Labute approximate surface area is 187 Å². The monoisotopic (exact) mass is 433 g/mol. The zero-order chi connectivity index (χ0) is 22.5. The standard InChI is InChI=1S/C24H27N5O3/c1-29-21-12-18(7-8-20(21)27-15-23(29)30)17-5-3-16(4-6-17)11-19(13-25)28-24(31)22-14-26-9-2-10-32-22/h3-8,12,19,22,26-27H,2,9-11,14-15H2,1H3,(H,28,31)/t19-,22-/m0/s1. The van der Waals surface area contributed by atoms with Crippen LogP contribution < -0.4 is 20.9 Å². The second-order valence-electron chi connectivity index (χ2n) is 8.05. The second-order valence-corrected chi connectivity index (χ2v) is 8.05. The number of hydrogen-bond donors (Lipinski definition) is 3. The number of rotatable bonds is 5. The lowest BCUT2D eigenvalue weighted by Crippen LogP contribution is -2.46. The van der Waals surface area contributed by atoms with Gasteiger partial charge in [0.05, 0.1) is 24.0 Å².